The van der Waals surface area contributed by atoms with Gasteiger partial charge in [0.15, 0.2) is 0 Å². The van der Waals surface area contributed by atoms with Gasteiger partial charge in [-0.25, -0.2) is 9.98 Å². The first kappa shape index (κ1) is 30.6. The molecule has 222 valence electrons. The van der Waals surface area contributed by atoms with Crippen LogP contribution in [0.25, 0.3) is 0 Å². The summed E-state index contributed by atoms with van der Waals surface area (Å²) in [4.78, 5) is 30.6. The number of alkyl halides is 3. The first-order chi connectivity index (χ1) is 20.0. The van der Waals surface area contributed by atoms with Crippen LogP contribution in [0.5, 0.6) is 5.75 Å². The van der Waals surface area contributed by atoms with Gasteiger partial charge in [-0.1, -0.05) is 18.2 Å². The minimum atomic E-state index is -4.67. The Labute approximate surface area is 246 Å². The average molecular weight is 603 g/mol. The number of nitrogens with one attached hydrogen (secondary N) is 2. The summed E-state index contributed by atoms with van der Waals surface area (Å²) in [5, 5.41) is 5.70. The summed E-state index contributed by atoms with van der Waals surface area (Å²) in [5.74, 6) is -0.437. The van der Waals surface area contributed by atoms with E-state index in [0.29, 0.717) is 17.4 Å². The van der Waals surface area contributed by atoms with Crippen LogP contribution < -0.4 is 21.1 Å². The van der Waals surface area contributed by atoms with Gasteiger partial charge in [-0.2, -0.15) is 13.2 Å². The van der Waals surface area contributed by atoms with Crippen LogP contribution in [0, 0.1) is 0 Å². The summed E-state index contributed by atoms with van der Waals surface area (Å²) in [7, 11) is 3.20. The number of guanidine groups is 1. The predicted molar refractivity (Wildman–Crippen MR) is 159 cm³/mol. The molecule has 2 aromatic carbocycles. The first-order valence-electron chi connectivity index (χ1n) is 12.9. The highest BCUT2D eigenvalue weighted by molar-refractivity contribution is 6.41. The van der Waals surface area contributed by atoms with E-state index in [0.717, 1.165) is 51.8 Å². The third kappa shape index (κ3) is 7.28. The van der Waals surface area contributed by atoms with Gasteiger partial charge in [0.25, 0.3) is 5.91 Å². The lowest BCUT2D eigenvalue weighted by atomic mass is 10.1. The fourth-order valence-corrected chi connectivity index (χ4v) is 4.50. The topological polar surface area (TPSA) is 120 Å². The number of carbonyl (C=O) groups is 1. The maximum Gasteiger partial charge on any atom is 0.420 e. The molecule has 1 amide bonds. The zero-order valence-electron chi connectivity index (χ0n) is 23.0. The molecule has 4 N–H and O–H groups in total. The standard InChI is InChI=1S/C28H30ClF3N8O2/c1-4-34-22-16-35-27(40-11-5-10-39(2)12-13-40)38-24(22)25(33)37-21-14-17(6-8-20(21)29)26(41)36-18-7-9-23(42-3)19(15-18)28(30,31)32/h4,6-9,14-16,37H,1,5,10-13,33H2,2-3H3,(H,36,41)/b25-24-,34-22-. The molecule has 14 heteroatoms. The number of rotatable bonds is 6. The summed E-state index contributed by atoms with van der Waals surface area (Å²) in [6.45, 7) is 6.97. The van der Waals surface area contributed by atoms with Crippen molar-refractivity contribution in [3.63, 3.8) is 0 Å². The maximum atomic E-state index is 13.4. The van der Waals surface area contributed by atoms with Gasteiger partial charge in [0.2, 0.25) is 5.96 Å². The third-order valence-electron chi connectivity index (χ3n) is 6.51. The number of likely N-dealkylation sites (N-methyl/N-ethyl adjacent to an activating group) is 1. The van der Waals surface area contributed by atoms with Gasteiger partial charge in [-0.05, 0) is 56.4 Å². The van der Waals surface area contributed by atoms with E-state index in [2.05, 4.69) is 49.0 Å². The predicted octanol–water partition coefficient (Wildman–Crippen LogP) is 4.82. The van der Waals surface area contributed by atoms with Crippen molar-refractivity contribution < 1.29 is 22.7 Å². The number of carbonyl (C=O) groups excluding carboxylic acids is 1. The van der Waals surface area contributed by atoms with Crippen LogP contribution in [0.15, 0.2) is 75.7 Å². The van der Waals surface area contributed by atoms with Crippen molar-refractivity contribution >= 4 is 46.8 Å². The number of anilines is 2. The molecule has 2 aliphatic rings. The van der Waals surface area contributed by atoms with Crippen molar-refractivity contribution in [3.05, 3.63) is 76.8 Å². The number of allylic oxidation sites excluding steroid dienone is 1. The van der Waals surface area contributed by atoms with Gasteiger partial charge in [0, 0.05) is 37.1 Å². The van der Waals surface area contributed by atoms with Crippen LogP contribution >= 0.6 is 11.6 Å². The van der Waals surface area contributed by atoms with Gasteiger partial charge < -0.3 is 30.9 Å². The van der Waals surface area contributed by atoms with Crippen molar-refractivity contribution in [2.45, 2.75) is 12.6 Å². The lowest BCUT2D eigenvalue weighted by Gasteiger charge is -2.24. The van der Waals surface area contributed by atoms with Crippen molar-refractivity contribution in [3.8, 4) is 5.75 Å². The van der Waals surface area contributed by atoms with E-state index in [1.165, 1.54) is 30.5 Å². The molecule has 0 saturated carbocycles. The number of ether oxygens (including phenoxy) is 1. The van der Waals surface area contributed by atoms with E-state index < -0.39 is 17.6 Å². The van der Waals surface area contributed by atoms with E-state index in [9.17, 15) is 18.0 Å². The smallest absolute Gasteiger partial charge is 0.420 e. The molecule has 42 heavy (non-hydrogen) atoms. The van der Waals surface area contributed by atoms with Crippen molar-refractivity contribution in [1.82, 2.24) is 9.80 Å². The molecular formula is C28H30ClF3N8O2. The number of amides is 1. The third-order valence-corrected chi connectivity index (χ3v) is 6.83. The Balaban J connectivity index is 1.60. The molecule has 0 spiro atoms. The van der Waals surface area contributed by atoms with Gasteiger partial charge in [0.05, 0.1) is 29.6 Å². The molecule has 2 aliphatic heterocycles. The molecule has 10 nitrogen and oxygen atoms in total. The molecule has 1 saturated heterocycles. The summed E-state index contributed by atoms with van der Waals surface area (Å²) < 4.78 is 45.1. The maximum absolute atomic E-state index is 13.4. The molecule has 0 atom stereocenters. The Morgan fingerprint density at radius 1 is 1.17 bits per heavy atom. The molecule has 0 radical (unpaired) electrons. The minimum absolute atomic E-state index is 0.0624. The van der Waals surface area contributed by atoms with E-state index in [4.69, 9.17) is 22.1 Å². The highest BCUT2D eigenvalue weighted by Gasteiger charge is 2.34. The lowest BCUT2D eigenvalue weighted by Crippen LogP contribution is -2.36. The normalized spacial score (nSPS) is 18.3. The Hall–Kier alpha value is -4.36. The van der Waals surface area contributed by atoms with Crippen LogP contribution in [0.3, 0.4) is 0 Å². The minimum Gasteiger partial charge on any atom is -0.496 e. The monoisotopic (exact) mass is 602 g/mol. The van der Waals surface area contributed by atoms with Crippen LogP contribution in [-0.4, -0.2) is 73.9 Å². The fourth-order valence-electron chi connectivity index (χ4n) is 4.33. The molecule has 4 rings (SSSR count). The van der Waals surface area contributed by atoms with Gasteiger partial charge >= 0.3 is 6.18 Å². The first-order valence-corrected chi connectivity index (χ1v) is 13.3. The average Bonchev–Trinajstić information content (AvgIpc) is 3.18. The molecule has 0 unspecified atom stereocenters. The largest absolute Gasteiger partial charge is 0.496 e. The van der Waals surface area contributed by atoms with Crippen molar-refractivity contribution in [2.75, 3.05) is 51.0 Å². The van der Waals surface area contributed by atoms with Crippen molar-refractivity contribution in [1.29, 1.82) is 0 Å². The second-order valence-electron chi connectivity index (χ2n) is 9.46. The molecule has 2 heterocycles. The van der Waals surface area contributed by atoms with Crippen LogP contribution in [0.4, 0.5) is 24.5 Å². The van der Waals surface area contributed by atoms with E-state index in [1.807, 2.05) is 0 Å². The zero-order chi connectivity index (χ0) is 30.4. The highest BCUT2D eigenvalue weighted by atomic mass is 35.5. The number of hydrogen-bond donors (Lipinski definition) is 3. The summed E-state index contributed by atoms with van der Waals surface area (Å²) in [5.41, 5.74) is 6.42. The van der Waals surface area contributed by atoms with E-state index in [1.54, 1.807) is 6.21 Å². The summed E-state index contributed by atoms with van der Waals surface area (Å²) in [6.07, 6.45) is -0.822. The number of methoxy groups -OCH3 is 1. The second-order valence-corrected chi connectivity index (χ2v) is 9.87. The highest BCUT2D eigenvalue weighted by Crippen LogP contribution is 2.38. The molecular weight excluding hydrogens is 573 g/mol. The van der Waals surface area contributed by atoms with E-state index in [-0.39, 0.29) is 33.5 Å². The number of halogens is 4. The lowest BCUT2D eigenvalue weighted by molar-refractivity contribution is -0.138. The number of benzene rings is 2. The van der Waals surface area contributed by atoms with Gasteiger partial charge in [-0.15, -0.1) is 0 Å². The SMILES string of the molecule is C=C/N=C1/C=NC(N2CCCN(C)CC2)=N/C1=C(/N)Nc1cc(C(=O)Nc2ccc(OC)c(C(F)(F)F)c2)ccc1Cl. The number of hydrogen-bond acceptors (Lipinski definition) is 9. The molecule has 0 bridgehead atoms. The number of nitrogens with two attached hydrogens (primary N) is 1. The Bertz CT molecular complexity index is 1490. The van der Waals surface area contributed by atoms with Crippen molar-refractivity contribution in [2.24, 2.45) is 20.7 Å². The molecule has 0 aliphatic carbocycles. The van der Waals surface area contributed by atoms with Gasteiger partial charge in [0.1, 0.15) is 23.0 Å². The van der Waals surface area contributed by atoms with Crippen LogP contribution in [0.1, 0.15) is 22.3 Å². The molecule has 0 aromatic heterocycles. The number of nitrogens with zero attached hydrogens (tertiary/aromatic N) is 5. The summed E-state index contributed by atoms with van der Waals surface area (Å²) >= 11 is 6.40. The Morgan fingerprint density at radius 2 is 1.95 bits per heavy atom. The Kier molecular flexibility index (Phi) is 9.53. The molecule has 1 fully saturated rings. The van der Waals surface area contributed by atoms with E-state index >= 15 is 0 Å². The second kappa shape index (κ2) is 13.1. The number of aliphatic imine (C=N–C) groups is 3. The van der Waals surface area contributed by atoms with Gasteiger partial charge in [-0.3, -0.25) is 9.79 Å². The zero-order valence-corrected chi connectivity index (χ0v) is 23.8. The molecule has 2 aromatic rings. The van der Waals surface area contributed by atoms with Crippen LogP contribution in [-0.2, 0) is 6.18 Å². The quantitative estimate of drug-likeness (QED) is 0.436. The Morgan fingerprint density at radius 3 is 2.67 bits per heavy atom. The summed E-state index contributed by atoms with van der Waals surface area (Å²) in [6, 6.07) is 7.58. The van der Waals surface area contributed by atoms with Crippen LogP contribution in [0.2, 0.25) is 5.02 Å². The fraction of sp³-hybridized carbons (Fsp3) is 0.286.